The van der Waals surface area contributed by atoms with Crippen molar-refractivity contribution in [1.82, 2.24) is 10.2 Å². The van der Waals surface area contributed by atoms with Crippen LogP contribution in [0.1, 0.15) is 18.4 Å². The first-order valence-electron chi connectivity index (χ1n) is 8.22. The van der Waals surface area contributed by atoms with Gasteiger partial charge in [0.25, 0.3) is 0 Å². The molecular formula is C17H22ClF3N2OS. The van der Waals surface area contributed by atoms with Crippen molar-refractivity contribution >= 4 is 30.1 Å². The molecule has 2 aliphatic heterocycles. The number of alkyl halides is 3. The molecular weight excluding hydrogens is 373 g/mol. The summed E-state index contributed by atoms with van der Waals surface area (Å²) in [6.07, 6.45) is -2.33. The molecule has 0 spiro atoms. The molecule has 1 aromatic carbocycles. The lowest BCUT2D eigenvalue weighted by Crippen LogP contribution is -2.34. The van der Waals surface area contributed by atoms with Gasteiger partial charge in [-0.3, -0.25) is 4.79 Å². The third-order valence-electron chi connectivity index (χ3n) is 4.90. The number of hydrogen-bond acceptors (Lipinski definition) is 3. The quantitative estimate of drug-likeness (QED) is 0.794. The Kier molecular flexibility index (Phi) is 7.05. The van der Waals surface area contributed by atoms with Crippen LogP contribution in [0.25, 0.3) is 0 Å². The van der Waals surface area contributed by atoms with E-state index in [0.29, 0.717) is 16.7 Å². The van der Waals surface area contributed by atoms with Gasteiger partial charge in [0.15, 0.2) is 0 Å². The lowest BCUT2D eigenvalue weighted by Gasteiger charge is -2.20. The molecule has 0 bridgehead atoms. The minimum atomic E-state index is -4.35. The first kappa shape index (κ1) is 20.4. The number of carbonyl (C=O) groups is 1. The molecule has 0 radical (unpaired) electrons. The van der Waals surface area contributed by atoms with E-state index in [1.165, 1.54) is 17.8 Å². The van der Waals surface area contributed by atoms with Crippen molar-refractivity contribution in [2.75, 3.05) is 31.9 Å². The van der Waals surface area contributed by atoms with Crippen LogP contribution in [0.4, 0.5) is 13.2 Å². The second-order valence-electron chi connectivity index (χ2n) is 6.45. The average molecular weight is 395 g/mol. The number of benzene rings is 1. The van der Waals surface area contributed by atoms with Crippen molar-refractivity contribution in [1.29, 1.82) is 0 Å². The molecule has 1 aromatic rings. The Morgan fingerprint density at radius 3 is 2.44 bits per heavy atom. The third-order valence-corrected chi connectivity index (χ3v) is 5.87. The van der Waals surface area contributed by atoms with Crippen LogP contribution >= 0.6 is 24.2 Å². The van der Waals surface area contributed by atoms with Gasteiger partial charge in [-0.25, -0.2) is 0 Å². The monoisotopic (exact) mass is 394 g/mol. The van der Waals surface area contributed by atoms with Gasteiger partial charge in [0, 0.05) is 18.0 Å². The van der Waals surface area contributed by atoms with E-state index in [1.807, 2.05) is 4.90 Å². The first-order valence-corrected chi connectivity index (χ1v) is 9.20. The molecule has 0 aliphatic carbocycles. The summed E-state index contributed by atoms with van der Waals surface area (Å²) in [7, 11) is 0. The number of nitrogens with zero attached hydrogens (tertiary/aromatic N) is 1. The highest BCUT2D eigenvalue weighted by atomic mass is 35.5. The van der Waals surface area contributed by atoms with Gasteiger partial charge >= 0.3 is 6.18 Å². The van der Waals surface area contributed by atoms with Crippen LogP contribution in [0, 0.1) is 11.8 Å². The number of carbonyl (C=O) groups excluding carboxylic acids is 1. The van der Waals surface area contributed by atoms with Crippen molar-refractivity contribution in [3.05, 3.63) is 29.8 Å². The van der Waals surface area contributed by atoms with E-state index in [9.17, 15) is 18.0 Å². The summed E-state index contributed by atoms with van der Waals surface area (Å²) in [6.45, 7) is 3.58. The van der Waals surface area contributed by atoms with Crippen LogP contribution in [0.3, 0.4) is 0 Å². The van der Waals surface area contributed by atoms with Gasteiger partial charge < -0.3 is 10.2 Å². The van der Waals surface area contributed by atoms with Gasteiger partial charge in [0.1, 0.15) is 0 Å². The molecule has 2 saturated heterocycles. The standard InChI is InChI=1S/C17H21F3N2OS.ClH/c18-17(19,20)14-2-1-3-15(8-14)24-11-16(23)22-6-4-12-9-21-10-13(12)5-7-22;/h1-3,8,12-13,21H,4-7,9-11H2;1H/t12-,13+;. The Morgan fingerprint density at radius 2 is 1.84 bits per heavy atom. The molecule has 3 rings (SSSR count). The Morgan fingerprint density at radius 1 is 1.20 bits per heavy atom. The molecule has 2 fully saturated rings. The van der Waals surface area contributed by atoms with Gasteiger partial charge in [-0.05, 0) is 56.0 Å². The molecule has 0 aromatic heterocycles. The minimum Gasteiger partial charge on any atom is -0.342 e. The SMILES string of the molecule is Cl.O=C(CSc1cccc(C(F)(F)F)c1)N1CC[C@@H]2CNC[C@@H]2CC1. The molecule has 0 saturated carbocycles. The lowest BCUT2D eigenvalue weighted by molar-refractivity contribution is -0.137. The predicted octanol–water partition coefficient (Wildman–Crippen LogP) is 3.68. The Labute approximate surface area is 156 Å². The maximum atomic E-state index is 12.7. The van der Waals surface area contributed by atoms with E-state index in [-0.39, 0.29) is 24.1 Å². The number of likely N-dealkylation sites (tertiary alicyclic amines) is 1. The fourth-order valence-electron chi connectivity index (χ4n) is 3.47. The molecule has 2 atom stereocenters. The predicted molar refractivity (Wildman–Crippen MR) is 95.1 cm³/mol. The lowest BCUT2D eigenvalue weighted by atomic mass is 9.92. The van der Waals surface area contributed by atoms with E-state index >= 15 is 0 Å². The molecule has 3 nitrogen and oxygen atoms in total. The molecule has 140 valence electrons. The zero-order valence-corrected chi connectivity index (χ0v) is 15.4. The highest BCUT2D eigenvalue weighted by molar-refractivity contribution is 8.00. The summed E-state index contributed by atoms with van der Waals surface area (Å²) in [5.41, 5.74) is -0.671. The molecule has 25 heavy (non-hydrogen) atoms. The fraction of sp³-hybridized carbons (Fsp3) is 0.588. The zero-order valence-electron chi connectivity index (χ0n) is 13.7. The van der Waals surface area contributed by atoms with Crippen molar-refractivity contribution < 1.29 is 18.0 Å². The Balaban J connectivity index is 0.00000225. The molecule has 8 heteroatoms. The average Bonchev–Trinajstić information content (AvgIpc) is 2.90. The van der Waals surface area contributed by atoms with E-state index in [1.54, 1.807) is 6.07 Å². The Hall–Kier alpha value is -0.920. The van der Waals surface area contributed by atoms with Crippen molar-refractivity contribution in [2.24, 2.45) is 11.8 Å². The molecule has 0 unspecified atom stereocenters. The van der Waals surface area contributed by atoms with Crippen molar-refractivity contribution in [3.8, 4) is 0 Å². The van der Waals surface area contributed by atoms with E-state index in [4.69, 9.17) is 0 Å². The second kappa shape index (κ2) is 8.64. The number of nitrogens with one attached hydrogen (secondary N) is 1. The zero-order chi connectivity index (χ0) is 17.2. The van der Waals surface area contributed by atoms with Crippen LogP contribution in [0.5, 0.6) is 0 Å². The normalized spacial score (nSPS) is 23.6. The van der Waals surface area contributed by atoms with Gasteiger partial charge in [0.2, 0.25) is 5.91 Å². The van der Waals surface area contributed by atoms with Crippen LogP contribution < -0.4 is 5.32 Å². The van der Waals surface area contributed by atoms with Crippen LogP contribution in [0.15, 0.2) is 29.2 Å². The van der Waals surface area contributed by atoms with Crippen LogP contribution in [0.2, 0.25) is 0 Å². The summed E-state index contributed by atoms with van der Waals surface area (Å²) in [5.74, 6) is 1.51. The number of halogens is 4. The third kappa shape index (κ3) is 5.28. The summed E-state index contributed by atoms with van der Waals surface area (Å²) >= 11 is 1.18. The van der Waals surface area contributed by atoms with Crippen molar-refractivity contribution in [2.45, 2.75) is 23.9 Å². The molecule has 2 heterocycles. The molecule has 1 N–H and O–H groups in total. The number of thioether (sulfide) groups is 1. The van der Waals surface area contributed by atoms with Gasteiger partial charge in [0.05, 0.1) is 11.3 Å². The smallest absolute Gasteiger partial charge is 0.342 e. The maximum absolute atomic E-state index is 12.7. The van der Waals surface area contributed by atoms with Crippen LogP contribution in [-0.2, 0) is 11.0 Å². The Bertz CT molecular complexity index is 586. The second-order valence-corrected chi connectivity index (χ2v) is 7.50. The van der Waals surface area contributed by atoms with Gasteiger partial charge in [-0.15, -0.1) is 24.2 Å². The van der Waals surface area contributed by atoms with Gasteiger partial charge in [-0.1, -0.05) is 6.07 Å². The highest BCUT2D eigenvalue weighted by Gasteiger charge is 2.32. The fourth-order valence-corrected chi connectivity index (χ4v) is 4.32. The number of fused-ring (bicyclic) bond motifs is 1. The molecule has 2 aliphatic rings. The highest BCUT2D eigenvalue weighted by Crippen LogP contribution is 2.32. The minimum absolute atomic E-state index is 0. The largest absolute Gasteiger partial charge is 0.416 e. The summed E-state index contributed by atoms with van der Waals surface area (Å²) in [5, 5.41) is 3.40. The van der Waals surface area contributed by atoms with Crippen molar-refractivity contribution in [3.63, 3.8) is 0 Å². The first-order chi connectivity index (χ1) is 11.4. The summed E-state index contributed by atoms with van der Waals surface area (Å²) in [6, 6.07) is 5.16. The summed E-state index contributed by atoms with van der Waals surface area (Å²) < 4.78 is 38.2. The van der Waals surface area contributed by atoms with E-state index < -0.39 is 11.7 Å². The number of hydrogen-bond donors (Lipinski definition) is 1. The number of rotatable bonds is 3. The maximum Gasteiger partial charge on any atom is 0.416 e. The number of amides is 1. The van der Waals surface area contributed by atoms with E-state index in [0.717, 1.165) is 51.2 Å². The summed E-state index contributed by atoms with van der Waals surface area (Å²) in [4.78, 5) is 14.7. The topological polar surface area (TPSA) is 32.3 Å². The van der Waals surface area contributed by atoms with E-state index in [2.05, 4.69) is 5.32 Å². The van der Waals surface area contributed by atoms with Gasteiger partial charge in [-0.2, -0.15) is 13.2 Å². The van der Waals surface area contributed by atoms with Crippen LogP contribution in [-0.4, -0.2) is 42.7 Å². The molecule has 1 amide bonds.